The molecule has 2 heterocycles. The molecular formula is C34H39N3O7. The molecule has 0 bridgehead atoms. The largest absolute Gasteiger partial charge is 0.496 e. The minimum atomic E-state index is -0.296. The monoisotopic (exact) mass is 601 g/mol. The Morgan fingerprint density at radius 1 is 0.955 bits per heavy atom. The number of para-hydroxylation sites is 1. The van der Waals surface area contributed by atoms with Crippen LogP contribution in [-0.4, -0.2) is 69.1 Å². The Bertz CT molecular complexity index is 1540. The molecule has 44 heavy (non-hydrogen) atoms. The molecule has 10 nitrogen and oxygen atoms in total. The van der Waals surface area contributed by atoms with Crippen molar-refractivity contribution >= 4 is 28.5 Å². The second-order valence-corrected chi connectivity index (χ2v) is 10.5. The summed E-state index contributed by atoms with van der Waals surface area (Å²) in [4.78, 5) is 25.9. The summed E-state index contributed by atoms with van der Waals surface area (Å²) in [6.07, 6.45) is 2.71. The zero-order chi connectivity index (χ0) is 30.7. The van der Waals surface area contributed by atoms with Crippen LogP contribution in [0.3, 0.4) is 0 Å². The van der Waals surface area contributed by atoms with E-state index in [-0.39, 0.29) is 24.5 Å². The number of piperazine rings is 1. The topological polar surface area (TPSA) is 100 Å². The second-order valence-electron chi connectivity index (χ2n) is 10.5. The third-order valence-corrected chi connectivity index (χ3v) is 7.38. The summed E-state index contributed by atoms with van der Waals surface area (Å²) >= 11 is 0. The van der Waals surface area contributed by atoms with Gasteiger partial charge in [0.1, 0.15) is 30.5 Å². The highest BCUT2D eigenvalue weighted by Gasteiger charge is 2.30. The molecule has 0 aliphatic carbocycles. The fourth-order valence-electron chi connectivity index (χ4n) is 5.20. The molecule has 1 unspecified atom stereocenters. The van der Waals surface area contributed by atoms with Gasteiger partial charge in [-0.3, -0.25) is 9.59 Å². The SMILES string of the molecule is COc1ccccc1COCCCOc1ccc(N2C(=O)CNCC2COc2ccc3ccn(CCOC(C)=O)c3c2)cc1. The Kier molecular flexibility index (Phi) is 10.7. The molecule has 1 aliphatic heterocycles. The zero-order valence-electron chi connectivity index (χ0n) is 25.2. The van der Waals surface area contributed by atoms with Gasteiger partial charge in [-0.05, 0) is 53.9 Å². The van der Waals surface area contributed by atoms with Crippen molar-refractivity contribution < 1.29 is 33.3 Å². The fraction of sp³-hybridized carbons (Fsp3) is 0.353. The van der Waals surface area contributed by atoms with Gasteiger partial charge >= 0.3 is 5.97 Å². The van der Waals surface area contributed by atoms with Crippen molar-refractivity contribution in [1.82, 2.24) is 9.88 Å². The maximum Gasteiger partial charge on any atom is 0.302 e. The lowest BCUT2D eigenvalue weighted by atomic mass is 10.1. The van der Waals surface area contributed by atoms with Crippen LogP contribution in [0.1, 0.15) is 18.9 Å². The Morgan fingerprint density at radius 3 is 2.59 bits per heavy atom. The van der Waals surface area contributed by atoms with E-state index in [1.165, 1.54) is 6.92 Å². The normalized spacial score (nSPS) is 14.9. The highest BCUT2D eigenvalue weighted by atomic mass is 16.5. The number of esters is 1. The second kappa shape index (κ2) is 15.3. The summed E-state index contributed by atoms with van der Waals surface area (Å²) in [6, 6.07) is 23.1. The predicted molar refractivity (Wildman–Crippen MR) is 167 cm³/mol. The van der Waals surface area contributed by atoms with Crippen molar-refractivity contribution in [3.05, 3.63) is 84.6 Å². The standard InChI is InChI=1S/C34H39N3O7/c1-25(38)42-19-16-36-15-14-26-8-11-31(20-32(26)36)44-24-29-21-35-22-34(39)37(29)28-9-12-30(13-10-28)43-18-5-17-41-23-27-6-3-4-7-33(27)40-2/h3-4,6-15,20,29,35H,5,16-19,21-24H2,1-2H3. The molecule has 0 spiro atoms. The number of nitrogens with one attached hydrogen (secondary N) is 1. The lowest BCUT2D eigenvalue weighted by Crippen LogP contribution is -2.57. The van der Waals surface area contributed by atoms with Crippen LogP contribution in [0, 0.1) is 0 Å². The lowest BCUT2D eigenvalue weighted by Gasteiger charge is -2.36. The number of carbonyl (C=O) groups is 2. The van der Waals surface area contributed by atoms with E-state index in [1.807, 2.05) is 83.6 Å². The molecule has 4 aromatic rings. The van der Waals surface area contributed by atoms with E-state index in [0.717, 1.165) is 40.1 Å². The summed E-state index contributed by atoms with van der Waals surface area (Å²) < 4.78 is 30.4. The number of hydrogen-bond donors (Lipinski definition) is 1. The third-order valence-electron chi connectivity index (χ3n) is 7.38. The number of ether oxygens (including phenoxy) is 5. The summed E-state index contributed by atoms with van der Waals surface area (Å²) in [5.74, 6) is 1.95. The van der Waals surface area contributed by atoms with Gasteiger partial charge in [0.15, 0.2) is 0 Å². The molecule has 10 heteroatoms. The van der Waals surface area contributed by atoms with Crippen molar-refractivity contribution in [2.24, 2.45) is 0 Å². The molecule has 1 N–H and O–H groups in total. The van der Waals surface area contributed by atoms with Crippen LogP contribution in [0.25, 0.3) is 10.9 Å². The first-order valence-corrected chi connectivity index (χ1v) is 14.8. The van der Waals surface area contributed by atoms with Crippen LogP contribution in [0.2, 0.25) is 0 Å². The van der Waals surface area contributed by atoms with Crippen molar-refractivity contribution in [1.29, 1.82) is 0 Å². The maximum absolute atomic E-state index is 13.0. The van der Waals surface area contributed by atoms with Crippen LogP contribution >= 0.6 is 0 Å². The molecule has 5 rings (SSSR count). The molecular weight excluding hydrogens is 562 g/mol. The maximum atomic E-state index is 13.0. The number of hydrogen-bond acceptors (Lipinski definition) is 8. The molecule has 1 aromatic heterocycles. The van der Waals surface area contributed by atoms with Gasteiger partial charge in [0.05, 0.1) is 51.6 Å². The quantitative estimate of drug-likeness (QED) is 0.156. The molecule has 1 amide bonds. The summed E-state index contributed by atoms with van der Waals surface area (Å²) in [7, 11) is 1.66. The van der Waals surface area contributed by atoms with Gasteiger partial charge in [-0.2, -0.15) is 0 Å². The van der Waals surface area contributed by atoms with Crippen molar-refractivity contribution in [3.8, 4) is 17.2 Å². The van der Waals surface area contributed by atoms with Gasteiger partial charge in [-0.1, -0.05) is 18.2 Å². The van der Waals surface area contributed by atoms with E-state index >= 15 is 0 Å². The van der Waals surface area contributed by atoms with E-state index in [1.54, 1.807) is 12.0 Å². The number of anilines is 1. The Morgan fingerprint density at radius 2 is 1.77 bits per heavy atom. The number of amides is 1. The highest BCUT2D eigenvalue weighted by Crippen LogP contribution is 2.26. The molecule has 232 valence electrons. The minimum absolute atomic E-state index is 0.0134. The van der Waals surface area contributed by atoms with Gasteiger partial charge in [0.2, 0.25) is 5.91 Å². The number of nitrogens with zero attached hydrogens (tertiary/aromatic N) is 2. The Balaban J connectivity index is 1.12. The first-order chi connectivity index (χ1) is 21.5. The molecule has 0 saturated carbocycles. The van der Waals surface area contributed by atoms with Gasteiger partial charge < -0.3 is 38.5 Å². The van der Waals surface area contributed by atoms with Crippen molar-refractivity contribution in [2.45, 2.75) is 32.5 Å². The van der Waals surface area contributed by atoms with Crippen molar-refractivity contribution in [3.63, 3.8) is 0 Å². The van der Waals surface area contributed by atoms with Crippen LogP contribution in [0.15, 0.2) is 79.0 Å². The zero-order valence-corrected chi connectivity index (χ0v) is 25.2. The van der Waals surface area contributed by atoms with E-state index in [4.69, 9.17) is 23.7 Å². The average Bonchev–Trinajstić information content (AvgIpc) is 3.44. The van der Waals surface area contributed by atoms with Crippen molar-refractivity contribution in [2.75, 3.05) is 51.5 Å². The first-order valence-electron chi connectivity index (χ1n) is 14.8. The van der Waals surface area contributed by atoms with E-state index < -0.39 is 0 Å². The first kappa shape index (κ1) is 30.9. The number of benzene rings is 3. The van der Waals surface area contributed by atoms with Crippen LogP contribution in [0.5, 0.6) is 17.2 Å². The summed E-state index contributed by atoms with van der Waals surface area (Å²) in [5.41, 5.74) is 2.80. The smallest absolute Gasteiger partial charge is 0.302 e. The molecule has 1 atom stereocenters. The highest BCUT2D eigenvalue weighted by molar-refractivity contribution is 5.96. The molecule has 1 fully saturated rings. The Hall–Kier alpha value is -4.54. The van der Waals surface area contributed by atoms with Crippen LogP contribution in [0.4, 0.5) is 5.69 Å². The number of fused-ring (bicyclic) bond motifs is 1. The number of methoxy groups -OCH3 is 1. The van der Waals surface area contributed by atoms with Gasteiger partial charge in [0, 0.05) is 43.4 Å². The van der Waals surface area contributed by atoms with Gasteiger partial charge in [-0.15, -0.1) is 0 Å². The number of carbonyl (C=O) groups excluding carboxylic acids is 2. The van der Waals surface area contributed by atoms with Gasteiger partial charge in [-0.25, -0.2) is 0 Å². The minimum Gasteiger partial charge on any atom is -0.496 e. The molecule has 1 aliphatic rings. The molecule has 1 saturated heterocycles. The number of rotatable bonds is 15. The fourth-order valence-corrected chi connectivity index (χ4v) is 5.20. The lowest BCUT2D eigenvalue weighted by molar-refractivity contribution is -0.141. The Labute approximate surface area is 257 Å². The molecule has 3 aromatic carbocycles. The average molecular weight is 602 g/mol. The third kappa shape index (κ3) is 8.09. The van der Waals surface area contributed by atoms with Crippen LogP contribution < -0.4 is 24.4 Å². The summed E-state index contributed by atoms with van der Waals surface area (Å²) in [5, 5.41) is 4.27. The van der Waals surface area contributed by atoms with Gasteiger partial charge in [0.25, 0.3) is 0 Å². The summed E-state index contributed by atoms with van der Waals surface area (Å²) in [6.45, 7) is 5.04. The van der Waals surface area contributed by atoms with E-state index in [2.05, 4.69) is 5.32 Å². The van der Waals surface area contributed by atoms with Crippen LogP contribution in [-0.2, 0) is 32.2 Å². The predicted octanol–water partition coefficient (Wildman–Crippen LogP) is 4.58. The molecule has 0 radical (unpaired) electrons. The number of aromatic nitrogens is 1. The van der Waals surface area contributed by atoms with E-state index in [9.17, 15) is 9.59 Å². The van der Waals surface area contributed by atoms with E-state index in [0.29, 0.717) is 51.9 Å².